The van der Waals surface area contributed by atoms with Gasteiger partial charge in [-0.1, -0.05) is 36.4 Å². The van der Waals surface area contributed by atoms with Crippen molar-refractivity contribution >= 4 is 45.8 Å². The lowest BCUT2D eigenvalue weighted by molar-refractivity contribution is -0.404. The lowest BCUT2D eigenvalue weighted by atomic mass is 10.1. The second-order valence-electron chi connectivity index (χ2n) is 7.18. The molecule has 0 spiro atoms. The molecule has 14 heteroatoms. The first-order chi connectivity index (χ1) is 17.6. The van der Waals surface area contributed by atoms with E-state index in [1.54, 1.807) is 30.4 Å². The van der Waals surface area contributed by atoms with E-state index < -0.39 is 37.6 Å². The van der Waals surface area contributed by atoms with Gasteiger partial charge in [0.2, 0.25) is 0 Å². The Morgan fingerprint density at radius 2 is 1.22 bits per heavy atom. The second kappa shape index (κ2) is 11.1. The number of benzene rings is 3. The van der Waals surface area contributed by atoms with Crippen LogP contribution in [0.25, 0.3) is 23.1 Å². The summed E-state index contributed by atoms with van der Waals surface area (Å²) in [5, 5.41) is 52.2. The molecule has 4 aromatic rings. The molecule has 0 radical (unpaired) electrons. The normalized spacial score (nSPS) is 10.5. The fourth-order valence-corrected chi connectivity index (χ4v) is 3.12. The van der Waals surface area contributed by atoms with Gasteiger partial charge in [-0.25, -0.2) is 4.98 Å². The molecule has 0 bridgehead atoms. The quantitative estimate of drug-likeness (QED) is 0.259. The Hall–Kier alpha value is -5.79. The van der Waals surface area contributed by atoms with E-state index in [2.05, 4.69) is 4.98 Å². The van der Waals surface area contributed by atoms with Crippen molar-refractivity contribution in [2.45, 2.75) is 0 Å². The van der Waals surface area contributed by atoms with Gasteiger partial charge in [0.05, 0.1) is 48.6 Å². The Kier molecular flexibility index (Phi) is 7.74. The first kappa shape index (κ1) is 25.8. The molecule has 1 N–H and O–H groups in total. The van der Waals surface area contributed by atoms with Gasteiger partial charge in [0, 0.05) is 11.5 Å². The third kappa shape index (κ3) is 6.21. The monoisotopic (exact) mass is 505 g/mol. The van der Waals surface area contributed by atoms with Crippen LogP contribution < -0.4 is 0 Å². The minimum absolute atomic E-state index is 0.0922. The lowest BCUT2D eigenvalue weighted by Gasteiger charge is -1.99. The molecule has 186 valence electrons. The van der Waals surface area contributed by atoms with Gasteiger partial charge < -0.3 is 5.11 Å². The molecule has 0 amide bonds. The molecule has 0 aliphatic carbocycles. The van der Waals surface area contributed by atoms with Crippen LogP contribution in [-0.4, -0.2) is 29.8 Å². The number of nitro benzene ring substituents is 4. The van der Waals surface area contributed by atoms with Crippen LogP contribution in [0.3, 0.4) is 0 Å². The highest BCUT2D eigenvalue weighted by atomic mass is 16.6. The maximum atomic E-state index is 11.0. The van der Waals surface area contributed by atoms with E-state index >= 15 is 0 Å². The average Bonchev–Trinajstić information content (AvgIpc) is 2.87. The van der Waals surface area contributed by atoms with Crippen LogP contribution in [0.5, 0.6) is 5.75 Å². The first-order valence-corrected chi connectivity index (χ1v) is 10.2. The van der Waals surface area contributed by atoms with Gasteiger partial charge in [0.1, 0.15) is 0 Å². The van der Waals surface area contributed by atoms with Crippen LogP contribution in [0.1, 0.15) is 11.3 Å². The van der Waals surface area contributed by atoms with E-state index in [4.69, 9.17) is 5.11 Å². The summed E-state index contributed by atoms with van der Waals surface area (Å²) in [5.74, 6) is -1.21. The zero-order valence-corrected chi connectivity index (χ0v) is 18.5. The summed E-state index contributed by atoms with van der Waals surface area (Å²) in [5.41, 5.74) is -0.668. The average molecular weight is 505 g/mol. The fourth-order valence-electron chi connectivity index (χ4n) is 3.12. The number of nitro groups is 4. The minimum Gasteiger partial charge on any atom is -0.497 e. The Bertz CT molecular complexity index is 1530. The van der Waals surface area contributed by atoms with Crippen LogP contribution in [-0.2, 0) is 0 Å². The third-order valence-electron chi connectivity index (χ3n) is 4.85. The molecule has 3 aromatic carbocycles. The van der Waals surface area contributed by atoms with Gasteiger partial charge in [0.25, 0.3) is 17.1 Å². The van der Waals surface area contributed by atoms with Gasteiger partial charge in [-0.05, 0) is 30.4 Å². The van der Waals surface area contributed by atoms with Crippen molar-refractivity contribution in [1.82, 2.24) is 4.98 Å². The molecule has 14 nitrogen and oxygen atoms in total. The van der Waals surface area contributed by atoms with E-state index in [-0.39, 0.29) is 10.6 Å². The van der Waals surface area contributed by atoms with Crippen molar-refractivity contribution in [3.05, 3.63) is 125 Å². The fraction of sp³-hybridized carbons (Fsp3) is 0. The summed E-state index contributed by atoms with van der Waals surface area (Å²) < 4.78 is 0. The number of pyridine rings is 1. The Morgan fingerprint density at radius 1 is 0.649 bits per heavy atom. The number of phenolic OH excluding ortho intramolecular Hbond substituents is 1. The van der Waals surface area contributed by atoms with Crippen molar-refractivity contribution in [2.24, 2.45) is 0 Å². The van der Waals surface area contributed by atoms with Crippen molar-refractivity contribution in [3.8, 4) is 5.75 Å². The highest BCUT2D eigenvalue weighted by Gasteiger charge is 2.30. The van der Waals surface area contributed by atoms with Gasteiger partial charge in [-0.15, -0.1) is 0 Å². The summed E-state index contributed by atoms with van der Waals surface area (Å²) >= 11 is 0. The molecule has 0 fully saturated rings. The predicted octanol–water partition coefficient (Wildman–Crippen LogP) is 5.43. The van der Waals surface area contributed by atoms with Crippen molar-refractivity contribution < 1.29 is 24.8 Å². The van der Waals surface area contributed by atoms with E-state index in [1.807, 2.05) is 36.4 Å². The number of non-ortho nitro benzene ring substituents is 1. The Balaban J connectivity index is 0.000000214. The summed E-state index contributed by atoms with van der Waals surface area (Å²) in [7, 11) is 0. The van der Waals surface area contributed by atoms with E-state index in [0.717, 1.165) is 16.6 Å². The van der Waals surface area contributed by atoms with E-state index in [0.29, 0.717) is 17.7 Å². The summed E-state index contributed by atoms with van der Waals surface area (Å²) in [6.45, 7) is 0. The maximum Gasteiger partial charge on any atom is 0.324 e. The number of aromatic nitrogens is 1. The van der Waals surface area contributed by atoms with E-state index in [9.17, 15) is 40.5 Å². The van der Waals surface area contributed by atoms with Crippen LogP contribution in [0.4, 0.5) is 22.7 Å². The smallest absolute Gasteiger partial charge is 0.324 e. The molecule has 0 saturated carbocycles. The molecule has 0 atom stereocenters. The van der Waals surface area contributed by atoms with Gasteiger partial charge >= 0.3 is 11.4 Å². The first-order valence-electron chi connectivity index (χ1n) is 10.2. The van der Waals surface area contributed by atoms with E-state index in [1.165, 1.54) is 6.07 Å². The largest absolute Gasteiger partial charge is 0.497 e. The summed E-state index contributed by atoms with van der Waals surface area (Å²) in [4.78, 5) is 42.9. The summed E-state index contributed by atoms with van der Waals surface area (Å²) in [6, 6.07) is 19.3. The predicted molar refractivity (Wildman–Crippen MR) is 132 cm³/mol. The van der Waals surface area contributed by atoms with Gasteiger partial charge in [-0.3, -0.25) is 40.5 Å². The minimum atomic E-state index is -1.21. The Labute approximate surface area is 206 Å². The highest BCUT2D eigenvalue weighted by Crippen LogP contribution is 2.39. The number of rotatable bonds is 6. The second-order valence-corrected chi connectivity index (χ2v) is 7.18. The highest BCUT2D eigenvalue weighted by molar-refractivity contribution is 5.81. The molecule has 0 saturated heterocycles. The number of para-hydroxylation sites is 2. The van der Waals surface area contributed by atoms with Gasteiger partial charge in [-0.2, -0.15) is 0 Å². The van der Waals surface area contributed by atoms with Crippen molar-refractivity contribution in [2.75, 3.05) is 0 Å². The Morgan fingerprint density at radius 3 is 1.81 bits per heavy atom. The maximum absolute atomic E-state index is 11.0. The lowest BCUT2D eigenvalue weighted by Crippen LogP contribution is -1.97. The standard InChI is InChI=1S/C17H12N2O2.C6H3N3O7/c20-19(21)17-8-4-2-6-14(17)10-12-15-11-9-13-5-1-3-7-16(13)18-15;10-6-4(8(13)14)1-3(7(11)12)2-5(6)9(15)16/h1-12H;1-2,10H. The summed E-state index contributed by atoms with van der Waals surface area (Å²) in [6.07, 6.45) is 3.50. The molecule has 1 aromatic heterocycles. The SMILES string of the molecule is O=[N+]([O-])c1cc([N+](=O)[O-])c(O)c([N+](=O)[O-])c1.O=[N+]([O-])c1ccccc1C=Cc1ccc2ccccc2n1. The van der Waals surface area contributed by atoms with Crippen LogP contribution in [0.15, 0.2) is 72.8 Å². The number of phenols is 1. The van der Waals surface area contributed by atoms with Crippen molar-refractivity contribution in [1.29, 1.82) is 0 Å². The van der Waals surface area contributed by atoms with Crippen LogP contribution in [0, 0.1) is 40.5 Å². The number of nitrogens with zero attached hydrogens (tertiary/aromatic N) is 5. The van der Waals surface area contributed by atoms with Crippen LogP contribution in [0.2, 0.25) is 0 Å². The molecule has 0 aliphatic heterocycles. The molecular weight excluding hydrogens is 490 g/mol. The zero-order valence-electron chi connectivity index (χ0n) is 18.5. The third-order valence-corrected chi connectivity index (χ3v) is 4.85. The molecule has 4 rings (SSSR count). The number of fused-ring (bicyclic) bond motifs is 1. The number of hydrogen-bond donors (Lipinski definition) is 1. The zero-order chi connectivity index (χ0) is 27.1. The molecule has 0 aliphatic rings. The van der Waals surface area contributed by atoms with Crippen LogP contribution >= 0.6 is 0 Å². The molecule has 1 heterocycles. The van der Waals surface area contributed by atoms with Gasteiger partial charge in [0.15, 0.2) is 0 Å². The molecule has 37 heavy (non-hydrogen) atoms. The molecular formula is C23H15N5O9. The number of aromatic hydroxyl groups is 1. The topological polar surface area (TPSA) is 206 Å². The van der Waals surface area contributed by atoms with Crippen molar-refractivity contribution in [3.63, 3.8) is 0 Å². The molecule has 0 unspecified atom stereocenters. The number of hydrogen-bond acceptors (Lipinski definition) is 10.